The normalized spacial score (nSPS) is 12.0. The zero-order valence-corrected chi connectivity index (χ0v) is 15.8. The molecule has 0 saturated carbocycles. The second-order valence-corrected chi connectivity index (χ2v) is 7.16. The molecule has 8 heteroatoms. The number of hydrogen-bond donors (Lipinski definition) is 1. The van der Waals surface area contributed by atoms with Gasteiger partial charge in [-0.05, 0) is 44.2 Å². The SMILES string of the molecule is C=CCn1c(S[C@@H](C)C(=O)Nc2ccc(F)cc2)nnc1-c1ccoc1C. The number of aromatic nitrogens is 3. The molecule has 1 N–H and O–H groups in total. The average molecular weight is 386 g/mol. The Labute approximate surface area is 160 Å². The Hall–Kier alpha value is -2.87. The molecular formula is C19H19FN4O2S. The number of halogens is 1. The molecule has 0 aliphatic rings. The highest BCUT2D eigenvalue weighted by Gasteiger charge is 2.21. The lowest BCUT2D eigenvalue weighted by Gasteiger charge is -2.13. The van der Waals surface area contributed by atoms with Crippen LogP contribution in [0.2, 0.25) is 0 Å². The molecule has 140 valence electrons. The van der Waals surface area contributed by atoms with E-state index in [0.29, 0.717) is 23.2 Å². The van der Waals surface area contributed by atoms with Crippen LogP contribution in [0.4, 0.5) is 10.1 Å². The summed E-state index contributed by atoms with van der Waals surface area (Å²) >= 11 is 1.29. The van der Waals surface area contributed by atoms with Gasteiger partial charge in [-0.3, -0.25) is 9.36 Å². The van der Waals surface area contributed by atoms with Crippen LogP contribution in [0, 0.1) is 12.7 Å². The third kappa shape index (κ3) is 4.28. The number of carbonyl (C=O) groups is 1. The van der Waals surface area contributed by atoms with Gasteiger partial charge < -0.3 is 9.73 Å². The number of aryl methyl sites for hydroxylation is 1. The lowest BCUT2D eigenvalue weighted by atomic mass is 10.2. The lowest BCUT2D eigenvalue weighted by Crippen LogP contribution is -2.23. The van der Waals surface area contributed by atoms with Gasteiger partial charge in [-0.2, -0.15) is 0 Å². The Morgan fingerprint density at radius 1 is 1.37 bits per heavy atom. The number of allylic oxidation sites excluding steroid dienone is 1. The summed E-state index contributed by atoms with van der Waals surface area (Å²) in [6.45, 7) is 7.91. The molecule has 0 spiro atoms. The quantitative estimate of drug-likeness (QED) is 0.484. The minimum absolute atomic E-state index is 0.208. The van der Waals surface area contributed by atoms with Crippen molar-refractivity contribution in [2.45, 2.75) is 30.8 Å². The zero-order valence-electron chi connectivity index (χ0n) is 15.0. The summed E-state index contributed by atoms with van der Waals surface area (Å²) in [6.07, 6.45) is 3.35. The molecule has 2 heterocycles. The minimum Gasteiger partial charge on any atom is -0.469 e. The lowest BCUT2D eigenvalue weighted by molar-refractivity contribution is -0.115. The van der Waals surface area contributed by atoms with Gasteiger partial charge in [0.2, 0.25) is 5.91 Å². The Morgan fingerprint density at radius 2 is 2.11 bits per heavy atom. The Balaban J connectivity index is 1.77. The number of furan rings is 1. The second-order valence-electron chi connectivity index (χ2n) is 5.85. The van der Waals surface area contributed by atoms with Gasteiger partial charge in [0.25, 0.3) is 0 Å². The zero-order chi connectivity index (χ0) is 19.4. The van der Waals surface area contributed by atoms with Gasteiger partial charge in [0.15, 0.2) is 11.0 Å². The smallest absolute Gasteiger partial charge is 0.237 e. The van der Waals surface area contributed by atoms with Gasteiger partial charge in [0.1, 0.15) is 11.6 Å². The van der Waals surface area contributed by atoms with Crippen molar-refractivity contribution in [1.29, 1.82) is 0 Å². The van der Waals surface area contributed by atoms with Crippen LogP contribution in [0.25, 0.3) is 11.4 Å². The molecule has 0 saturated heterocycles. The van der Waals surface area contributed by atoms with Crippen LogP contribution < -0.4 is 5.32 Å². The monoisotopic (exact) mass is 386 g/mol. The largest absolute Gasteiger partial charge is 0.469 e. The maximum absolute atomic E-state index is 13.0. The summed E-state index contributed by atoms with van der Waals surface area (Å²) in [7, 11) is 0. The molecule has 0 radical (unpaired) electrons. The summed E-state index contributed by atoms with van der Waals surface area (Å²) in [5.74, 6) is 0.844. The molecule has 1 aromatic carbocycles. The molecule has 0 unspecified atom stereocenters. The number of thioether (sulfide) groups is 1. The third-order valence-electron chi connectivity index (χ3n) is 3.89. The first-order valence-electron chi connectivity index (χ1n) is 8.31. The Bertz CT molecular complexity index is 949. The highest BCUT2D eigenvalue weighted by atomic mass is 32.2. The van der Waals surface area contributed by atoms with Crippen molar-refractivity contribution in [2.24, 2.45) is 0 Å². The molecule has 2 aromatic heterocycles. The van der Waals surface area contributed by atoms with Gasteiger partial charge in [0, 0.05) is 12.2 Å². The van der Waals surface area contributed by atoms with Gasteiger partial charge in [0.05, 0.1) is 17.1 Å². The van der Waals surface area contributed by atoms with Gasteiger partial charge >= 0.3 is 0 Å². The van der Waals surface area contributed by atoms with Crippen LogP contribution >= 0.6 is 11.8 Å². The van der Waals surface area contributed by atoms with Crippen molar-refractivity contribution in [1.82, 2.24) is 14.8 Å². The predicted octanol–water partition coefficient (Wildman–Crippen LogP) is 4.29. The summed E-state index contributed by atoms with van der Waals surface area (Å²) < 4.78 is 20.2. The molecule has 3 aromatic rings. The summed E-state index contributed by atoms with van der Waals surface area (Å²) in [4.78, 5) is 12.4. The fourth-order valence-corrected chi connectivity index (χ4v) is 3.33. The van der Waals surface area contributed by atoms with E-state index >= 15 is 0 Å². The summed E-state index contributed by atoms with van der Waals surface area (Å²) in [5, 5.41) is 11.4. The fraction of sp³-hybridized carbons (Fsp3) is 0.211. The van der Waals surface area contributed by atoms with E-state index in [1.165, 1.54) is 36.0 Å². The number of rotatable bonds is 7. The van der Waals surface area contributed by atoms with E-state index in [0.717, 1.165) is 11.3 Å². The average Bonchev–Trinajstić information content (AvgIpc) is 3.23. The first-order chi connectivity index (χ1) is 13.0. The second kappa shape index (κ2) is 8.22. The van der Waals surface area contributed by atoms with E-state index in [1.54, 1.807) is 19.3 Å². The third-order valence-corrected chi connectivity index (χ3v) is 4.97. The predicted molar refractivity (Wildman–Crippen MR) is 103 cm³/mol. The van der Waals surface area contributed by atoms with Crippen LogP contribution in [0.3, 0.4) is 0 Å². The van der Waals surface area contributed by atoms with Crippen LogP contribution in [-0.4, -0.2) is 25.9 Å². The van der Waals surface area contributed by atoms with Crippen molar-refractivity contribution >= 4 is 23.4 Å². The molecule has 3 rings (SSSR count). The van der Waals surface area contributed by atoms with E-state index in [9.17, 15) is 9.18 Å². The molecule has 0 aliphatic carbocycles. The van der Waals surface area contributed by atoms with Crippen molar-refractivity contribution in [2.75, 3.05) is 5.32 Å². The molecule has 0 aliphatic heterocycles. The number of hydrogen-bond acceptors (Lipinski definition) is 5. The Morgan fingerprint density at radius 3 is 2.74 bits per heavy atom. The summed E-state index contributed by atoms with van der Waals surface area (Å²) in [5.41, 5.74) is 1.38. The van der Waals surface area contributed by atoms with E-state index in [-0.39, 0.29) is 11.7 Å². The van der Waals surface area contributed by atoms with Crippen molar-refractivity contribution in [3.8, 4) is 11.4 Å². The maximum atomic E-state index is 13.0. The van der Waals surface area contributed by atoms with Crippen LogP contribution in [0.5, 0.6) is 0 Å². The van der Waals surface area contributed by atoms with E-state index < -0.39 is 5.25 Å². The number of nitrogens with zero attached hydrogens (tertiary/aromatic N) is 3. The van der Waals surface area contributed by atoms with Crippen molar-refractivity contribution in [3.63, 3.8) is 0 Å². The first-order valence-corrected chi connectivity index (χ1v) is 9.19. The molecule has 1 amide bonds. The van der Waals surface area contributed by atoms with Crippen LogP contribution in [0.1, 0.15) is 12.7 Å². The fourth-order valence-electron chi connectivity index (χ4n) is 2.47. The highest BCUT2D eigenvalue weighted by Crippen LogP contribution is 2.29. The van der Waals surface area contributed by atoms with Crippen LogP contribution in [0.15, 0.2) is 58.8 Å². The van der Waals surface area contributed by atoms with Gasteiger partial charge in [-0.1, -0.05) is 17.8 Å². The standard InChI is InChI=1S/C19H19FN4O2S/c1-4-10-24-17(16-9-11-26-12(16)2)22-23-19(24)27-13(3)18(25)21-15-7-5-14(20)6-8-15/h4-9,11,13H,1,10H2,2-3H3,(H,21,25)/t13-/m0/s1. The number of amides is 1. The topological polar surface area (TPSA) is 73.0 Å². The molecule has 0 bridgehead atoms. The van der Waals surface area contributed by atoms with Gasteiger partial charge in [-0.25, -0.2) is 4.39 Å². The summed E-state index contributed by atoms with van der Waals surface area (Å²) in [6, 6.07) is 7.47. The molecule has 0 fully saturated rings. The van der Waals surface area contributed by atoms with Crippen molar-refractivity contribution in [3.05, 3.63) is 60.8 Å². The van der Waals surface area contributed by atoms with E-state index in [1.807, 2.05) is 17.6 Å². The number of anilines is 1. The van der Waals surface area contributed by atoms with Crippen molar-refractivity contribution < 1.29 is 13.6 Å². The number of benzene rings is 1. The van der Waals surface area contributed by atoms with Gasteiger partial charge in [-0.15, -0.1) is 16.8 Å². The molecule has 6 nitrogen and oxygen atoms in total. The number of carbonyl (C=O) groups excluding carboxylic acids is 1. The van der Waals surface area contributed by atoms with E-state index in [2.05, 4.69) is 22.1 Å². The highest BCUT2D eigenvalue weighted by molar-refractivity contribution is 8.00. The number of nitrogens with one attached hydrogen (secondary N) is 1. The molecular weight excluding hydrogens is 367 g/mol. The molecule has 1 atom stereocenters. The minimum atomic E-state index is -0.430. The maximum Gasteiger partial charge on any atom is 0.237 e. The molecule has 27 heavy (non-hydrogen) atoms. The van der Waals surface area contributed by atoms with E-state index in [4.69, 9.17) is 4.42 Å². The van der Waals surface area contributed by atoms with Crippen LogP contribution in [-0.2, 0) is 11.3 Å². The first kappa shape index (κ1) is 18.9. The Kier molecular flexibility index (Phi) is 5.75.